The van der Waals surface area contributed by atoms with Crippen molar-refractivity contribution >= 4 is 23.4 Å². The van der Waals surface area contributed by atoms with Crippen LogP contribution in [0.3, 0.4) is 0 Å². The first-order chi connectivity index (χ1) is 9.36. The van der Waals surface area contributed by atoms with Crippen LogP contribution in [0.15, 0.2) is 41.2 Å². The van der Waals surface area contributed by atoms with E-state index in [4.69, 9.17) is 5.41 Å². The van der Waals surface area contributed by atoms with Crippen LogP contribution in [-0.2, 0) is 11.0 Å². The summed E-state index contributed by atoms with van der Waals surface area (Å²) in [5, 5.41) is 7.03. The van der Waals surface area contributed by atoms with Gasteiger partial charge in [-0.25, -0.2) is 17.7 Å². The molecule has 1 atom stereocenters. The Balaban J connectivity index is 3.14. The fourth-order valence-corrected chi connectivity index (χ4v) is 2.42. The van der Waals surface area contributed by atoms with Crippen molar-refractivity contribution in [1.82, 2.24) is 9.21 Å². The van der Waals surface area contributed by atoms with E-state index in [0.29, 0.717) is 4.90 Å². The molecule has 1 unspecified atom stereocenters. The number of hydrogen-bond donors (Lipinski definition) is 1. The van der Waals surface area contributed by atoms with Crippen molar-refractivity contribution in [3.8, 4) is 0 Å². The minimum absolute atomic E-state index is 0.375. The molecule has 7 heteroatoms. The second kappa shape index (κ2) is 6.95. The summed E-state index contributed by atoms with van der Waals surface area (Å²) in [6, 6.07) is 5.97. The summed E-state index contributed by atoms with van der Waals surface area (Å²) in [5.74, 6) is -0.655. The van der Waals surface area contributed by atoms with Crippen molar-refractivity contribution in [3.63, 3.8) is 0 Å². The van der Waals surface area contributed by atoms with Crippen LogP contribution in [0, 0.1) is 12.3 Å². The molecule has 5 nitrogen and oxygen atoms in total. The molecule has 0 saturated carbocycles. The fourth-order valence-electron chi connectivity index (χ4n) is 1.31. The monoisotopic (exact) mass is 297 g/mol. The van der Waals surface area contributed by atoms with E-state index in [-0.39, 0.29) is 0 Å². The number of allylic oxidation sites excluding steroid dienone is 1. The third kappa shape index (κ3) is 3.99. The van der Waals surface area contributed by atoms with Gasteiger partial charge in [0.15, 0.2) is 11.0 Å². The Morgan fingerprint density at radius 1 is 1.35 bits per heavy atom. The molecule has 1 aromatic rings. The lowest BCUT2D eigenvalue weighted by Crippen LogP contribution is -2.38. The largest absolute Gasteiger partial charge is 0.341 e. The molecule has 0 radical (unpaired) electrons. The standard InChI is InChI=1S/C13H16FN3O2S/c1-10-4-6-12(7-5-10)20(19)17(8-11(2)14)13(18)16(3)9-15/h4-9,15H,1-3H3/b11-8+,15-9?. The third-order valence-electron chi connectivity index (χ3n) is 2.38. The van der Waals surface area contributed by atoms with Crippen LogP contribution in [0.5, 0.6) is 0 Å². The molecule has 1 N–H and O–H groups in total. The zero-order valence-corrected chi connectivity index (χ0v) is 12.3. The minimum Gasteiger partial charge on any atom is -0.291 e. The lowest BCUT2D eigenvalue weighted by Gasteiger charge is -2.21. The molecule has 1 aromatic carbocycles. The Morgan fingerprint density at radius 2 is 1.90 bits per heavy atom. The van der Waals surface area contributed by atoms with Crippen LogP contribution < -0.4 is 0 Å². The fraction of sp³-hybridized carbons (Fsp3) is 0.231. The summed E-state index contributed by atoms with van der Waals surface area (Å²) in [7, 11) is -0.550. The maximum atomic E-state index is 13.1. The lowest BCUT2D eigenvalue weighted by molar-refractivity contribution is 0.217. The number of carbonyl (C=O) groups excluding carboxylic acids is 1. The number of rotatable bonds is 4. The van der Waals surface area contributed by atoms with E-state index in [2.05, 4.69) is 0 Å². The van der Waals surface area contributed by atoms with Crippen molar-refractivity contribution < 1.29 is 13.4 Å². The van der Waals surface area contributed by atoms with E-state index >= 15 is 0 Å². The topological polar surface area (TPSA) is 64.5 Å². The maximum Gasteiger partial charge on any atom is 0.341 e. The number of benzene rings is 1. The van der Waals surface area contributed by atoms with Crippen LogP contribution in [0.2, 0.25) is 0 Å². The van der Waals surface area contributed by atoms with E-state index in [9.17, 15) is 13.4 Å². The SMILES string of the molecule is C/C(F)=C\N(C(=O)N(C)C=N)S(=O)c1ccc(C)cc1. The molecule has 0 aliphatic heterocycles. The van der Waals surface area contributed by atoms with Crippen LogP contribution in [0.4, 0.5) is 9.18 Å². The average molecular weight is 297 g/mol. The highest BCUT2D eigenvalue weighted by Crippen LogP contribution is 2.15. The number of carbonyl (C=O) groups is 1. The summed E-state index contributed by atoms with van der Waals surface area (Å²) in [5.41, 5.74) is 0.984. The molecule has 0 spiro atoms. The van der Waals surface area contributed by atoms with E-state index in [0.717, 1.165) is 34.2 Å². The van der Waals surface area contributed by atoms with Crippen molar-refractivity contribution in [2.45, 2.75) is 18.7 Å². The summed E-state index contributed by atoms with van der Waals surface area (Å²) in [6.45, 7) is 3.03. The molecular weight excluding hydrogens is 281 g/mol. The van der Waals surface area contributed by atoms with Crippen molar-refractivity contribution in [1.29, 1.82) is 5.41 Å². The van der Waals surface area contributed by atoms with Crippen LogP contribution >= 0.6 is 0 Å². The van der Waals surface area contributed by atoms with Crippen LogP contribution in [0.25, 0.3) is 0 Å². The van der Waals surface area contributed by atoms with Gasteiger partial charge in [0.25, 0.3) is 0 Å². The Labute approximate surface area is 119 Å². The summed E-state index contributed by atoms with van der Waals surface area (Å²) in [6.07, 6.45) is 1.63. The molecule has 20 heavy (non-hydrogen) atoms. The quantitative estimate of drug-likeness (QED) is 0.686. The second-order valence-electron chi connectivity index (χ2n) is 4.13. The number of halogens is 1. The molecule has 108 valence electrons. The van der Waals surface area contributed by atoms with Gasteiger partial charge in [0.2, 0.25) is 0 Å². The molecule has 0 fully saturated rings. The number of amides is 2. The van der Waals surface area contributed by atoms with Crippen molar-refractivity contribution in [3.05, 3.63) is 41.9 Å². The van der Waals surface area contributed by atoms with Gasteiger partial charge in [-0.1, -0.05) is 17.7 Å². The van der Waals surface area contributed by atoms with Gasteiger partial charge in [-0.3, -0.25) is 10.3 Å². The van der Waals surface area contributed by atoms with E-state index in [1.807, 2.05) is 6.92 Å². The van der Waals surface area contributed by atoms with E-state index in [1.165, 1.54) is 7.05 Å². The van der Waals surface area contributed by atoms with E-state index in [1.54, 1.807) is 24.3 Å². The highest BCUT2D eigenvalue weighted by Gasteiger charge is 2.22. The summed E-state index contributed by atoms with van der Waals surface area (Å²) in [4.78, 5) is 13.3. The number of urea groups is 1. The molecule has 0 aromatic heterocycles. The Bertz CT molecular complexity index is 553. The van der Waals surface area contributed by atoms with Gasteiger partial charge < -0.3 is 0 Å². The normalized spacial score (nSPS) is 12.7. The molecule has 0 aliphatic carbocycles. The highest BCUT2D eigenvalue weighted by atomic mass is 32.2. The van der Waals surface area contributed by atoms with Gasteiger partial charge in [-0.15, -0.1) is 0 Å². The first kappa shape index (κ1) is 16.0. The van der Waals surface area contributed by atoms with Gasteiger partial charge in [-0.05, 0) is 26.0 Å². The first-order valence-corrected chi connectivity index (χ1v) is 6.86. The smallest absolute Gasteiger partial charge is 0.291 e. The molecule has 0 bridgehead atoms. The zero-order chi connectivity index (χ0) is 15.3. The van der Waals surface area contributed by atoms with Gasteiger partial charge in [0.05, 0.1) is 17.4 Å². The summed E-state index contributed by atoms with van der Waals surface area (Å²) >= 11 is 0. The van der Waals surface area contributed by atoms with Gasteiger partial charge in [-0.2, -0.15) is 0 Å². The Morgan fingerprint density at radius 3 is 2.35 bits per heavy atom. The number of nitrogens with one attached hydrogen (secondary N) is 1. The predicted octanol–water partition coefficient (Wildman–Crippen LogP) is 2.81. The molecule has 0 aliphatic rings. The van der Waals surface area contributed by atoms with Crippen LogP contribution in [0.1, 0.15) is 12.5 Å². The third-order valence-corrected chi connectivity index (χ3v) is 3.67. The molecular formula is C13H16FN3O2S. The molecule has 2 amide bonds. The number of nitrogens with zero attached hydrogens (tertiary/aromatic N) is 2. The number of aryl methyl sites for hydroxylation is 1. The Kier molecular flexibility index (Phi) is 5.57. The minimum atomic E-state index is -1.88. The first-order valence-electron chi connectivity index (χ1n) is 5.76. The summed E-state index contributed by atoms with van der Waals surface area (Å²) < 4.78 is 26.2. The van der Waals surface area contributed by atoms with Crippen molar-refractivity contribution in [2.75, 3.05) is 7.05 Å². The second-order valence-corrected chi connectivity index (χ2v) is 5.49. The van der Waals surface area contributed by atoms with Gasteiger partial charge >= 0.3 is 6.03 Å². The highest BCUT2D eigenvalue weighted by molar-refractivity contribution is 7.83. The number of hydrogen-bond acceptors (Lipinski definition) is 3. The molecule has 0 heterocycles. The van der Waals surface area contributed by atoms with E-state index < -0.39 is 22.8 Å². The predicted molar refractivity (Wildman–Crippen MR) is 76.2 cm³/mol. The molecule has 1 rings (SSSR count). The van der Waals surface area contributed by atoms with Crippen LogP contribution in [-0.4, -0.2) is 32.8 Å². The van der Waals surface area contributed by atoms with Crippen molar-refractivity contribution in [2.24, 2.45) is 0 Å². The maximum absolute atomic E-state index is 13.1. The average Bonchev–Trinajstić information content (AvgIpc) is 2.43. The van der Waals surface area contributed by atoms with Gasteiger partial charge in [0.1, 0.15) is 5.83 Å². The van der Waals surface area contributed by atoms with Gasteiger partial charge in [0, 0.05) is 7.05 Å². The lowest BCUT2D eigenvalue weighted by atomic mass is 10.2. The zero-order valence-electron chi connectivity index (χ0n) is 11.5. The molecule has 0 saturated heterocycles. The Hall–Kier alpha value is -2.02.